The number of carboxylic acid groups (broad SMARTS) is 1. The molecule has 8 heteroatoms. The maximum atomic E-state index is 12.7. The van der Waals surface area contributed by atoms with Crippen LogP contribution in [0.2, 0.25) is 0 Å². The van der Waals surface area contributed by atoms with Gasteiger partial charge < -0.3 is 23.8 Å². The lowest BCUT2D eigenvalue weighted by atomic mass is 10.0. The molecule has 0 spiro atoms. The monoisotopic (exact) mass is 737 g/mol. The quantitative estimate of drug-likeness (QED) is 0.0291. The van der Waals surface area contributed by atoms with E-state index >= 15 is 0 Å². The number of nitrogens with zero attached hydrogens (tertiary/aromatic N) is 1. The number of unbranched alkanes of at least 4 members (excludes halogenated alkanes) is 20. The number of rotatable bonds is 38. The van der Waals surface area contributed by atoms with Gasteiger partial charge in [0.1, 0.15) is 6.61 Å². The van der Waals surface area contributed by atoms with Crippen molar-refractivity contribution in [2.24, 2.45) is 0 Å². The van der Waals surface area contributed by atoms with Crippen LogP contribution in [0.15, 0.2) is 24.3 Å². The molecule has 0 bridgehead atoms. The smallest absolute Gasteiger partial charge is 0.362 e. The van der Waals surface area contributed by atoms with Crippen molar-refractivity contribution in [2.45, 2.75) is 199 Å². The molecule has 304 valence electrons. The lowest BCUT2D eigenvalue weighted by Gasteiger charge is -2.31. The Morgan fingerprint density at radius 1 is 0.577 bits per heavy atom. The van der Waals surface area contributed by atoms with E-state index in [9.17, 15) is 19.5 Å². The average molecular weight is 737 g/mol. The Balaban J connectivity index is 4.38. The Bertz CT molecular complexity index is 911. The highest BCUT2D eigenvalue weighted by Crippen LogP contribution is 2.14. The zero-order valence-corrected chi connectivity index (χ0v) is 34.5. The summed E-state index contributed by atoms with van der Waals surface area (Å²) in [6.45, 7) is 4.70. The van der Waals surface area contributed by atoms with Gasteiger partial charge in [0.15, 0.2) is 12.1 Å². The summed E-state index contributed by atoms with van der Waals surface area (Å²) < 4.78 is 17.2. The largest absolute Gasteiger partial charge is 0.477 e. The third-order valence-electron chi connectivity index (χ3n) is 9.60. The number of esters is 2. The first-order valence-corrected chi connectivity index (χ1v) is 21.4. The van der Waals surface area contributed by atoms with Gasteiger partial charge in [0, 0.05) is 19.3 Å². The molecule has 0 amide bonds. The van der Waals surface area contributed by atoms with E-state index in [2.05, 4.69) is 38.2 Å². The van der Waals surface area contributed by atoms with Gasteiger partial charge in [-0.2, -0.15) is 0 Å². The van der Waals surface area contributed by atoms with Crippen molar-refractivity contribution < 1.29 is 38.2 Å². The van der Waals surface area contributed by atoms with Gasteiger partial charge >= 0.3 is 17.9 Å². The Kier molecular flexibility index (Phi) is 34.3. The molecule has 0 aliphatic rings. The minimum atomic E-state index is -0.876. The Morgan fingerprint density at radius 2 is 1.02 bits per heavy atom. The summed E-state index contributed by atoms with van der Waals surface area (Å²) in [6, 6.07) is -0.613. The minimum Gasteiger partial charge on any atom is -0.477 e. The van der Waals surface area contributed by atoms with Gasteiger partial charge in [-0.25, -0.2) is 4.79 Å². The molecule has 0 unspecified atom stereocenters. The molecule has 8 nitrogen and oxygen atoms in total. The van der Waals surface area contributed by atoms with Crippen LogP contribution in [-0.4, -0.2) is 80.6 Å². The van der Waals surface area contributed by atoms with Gasteiger partial charge in [-0.3, -0.25) is 9.59 Å². The molecule has 0 aliphatic heterocycles. The molecule has 52 heavy (non-hydrogen) atoms. The first-order valence-electron chi connectivity index (χ1n) is 21.4. The Hall–Kier alpha value is -2.19. The SMILES string of the molecule is CCCCC/C=C\C/C=C\CCCCCCCC(=O)O[C@@H](COCC[C@@H](C(=O)O)[N+](C)(C)C)COC(=O)CCCCCCCCCCCCCCC. The molecule has 0 aromatic rings. The lowest BCUT2D eigenvalue weighted by molar-refractivity contribution is -0.887. The number of likely N-dealkylation sites (N-methyl/N-ethyl adjacent to an activating group) is 1. The summed E-state index contributed by atoms with van der Waals surface area (Å²) in [7, 11) is 5.52. The molecule has 0 rings (SSSR count). The first-order chi connectivity index (χ1) is 25.1. The van der Waals surface area contributed by atoms with E-state index in [0.717, 1.165) is 64.2 Å². The van der Waals surface area contributed by atoms with Crippen molar-refractivity contribution in [1.82, 2.24) is 0 Å². The normalized spacial score (nSPS) is 13.2. The lowest BCUT2D eigenvalue weighted by Crippen LogP contribution is -2.50. The van der Waals surface area contributed by atoms with Gasteiger partial charge in [-0.1, -0.05) is 147 Å². The molecule has 0 aromatic carbocycles. The summed E-state index contributed by atoms with van der Waals surface area (Å²) in [5.74, 6) is -1.48. The zero-order chi connectivity index (χ0) is 38.5. The topological polar surface area (TPSA) is 99.1 Å². The van der Waals surface area contributed by atoms with Crippen molar-refractivity contribution in [2.75, 3.05) is 41.0 Å². The van der Waals surface area contributed by atoms with E-state index in [1.807, 2.05) is 21.1 Å². The molecule has 0 aliphatic carbocycles. The van der Waals surface area contributed by atoms with Gasteiger partial charge in [0.25, 0.3) is 0 Å². The summed E-state index contributed by atoms with van der Waals surface area (Å²) in [4.78, 5) is 36.9. The summed E-state index contributed by atoms with van der Waals surface area (Å²) in [6.07, 6.45) is 37.8. The van der Waals surface area contributed by atoms with Crippen LogP contribution < -0.4 is 0 Å². The van der Waals surface area contributed by atoms with Gasteiger partial charge in [0.2, 0.25) is 0 Å². The van der Waals surface area contributed by atoms with E-state index < -0.39 is 18.1 Å². The maximum Gasteiger partial charge on any atom is 0.362 e. The number of carboxylic acids is 1. The molecule has 0 saturated carbocycles. The Labute approximate surface area is 320 Å². The third kappa shape index (κ3) is 33.6. The molecule has 0 radical (unpaired) electrons. The van der Waals surface area contributed by atoms with Crippen LogP contribution in [0.3, 0.4) is 0 Å². The fourth-order valence-electron chi connectivity index (χ4n) is 6.24. The van der Waals surface area contributed by atoms with E-state index in [1.54, 1.807) is 0 Å². The molecular formula is C44H82NO7+. The molecule has 0 fully saturated rings. The highest BCUT2D eigenvalue weighted by Gasteiger charge is 2.31. The molecule has 0 heterocycles. The van der Waals surface area contributed by atoms with E-state index in [-0.39, 0.29) is 36.2 Å². The number of hydrogen-bond acceptors (Lipinski definition) is 6. The van der Waals surface area contributed by atoms with Crippen LogP contribution >= 0.6 is 0 Å². The number of carbonyl (C=O) groups excluding carboxylic acids is 2. The average Bonchev–Trinajstić information content (AvgIpc) is 3.09. The predicted octanol–water partition coefficient (Wildman–Crippen LogP) is 11.3. The van der Waals surface area contributed by atoms with Crippen molar-refractivity contribution in [3.63, 3.8) is 0 Å². The van der Waals surface area contributed by atoms with Crippen LogP contribution in [-0.2, 0) is 28.6 Å². The summed E-state index contributed by atoms with van der Waals surface area (Å²) in [5, 5.41) is 9.60. The van der Waals surface area contributed by atoms with Gasteiger partial charge in [-0.05, 0) is 44.9 Å². The second-order valence-electron chi connectivity index (χ2n) is 15.6. The molecular weight excluding hydrogens is 654 g/mol. The zero-order valence-electron chi connectivity index (χ0n) is 34.5. The molecule has 2 atom stereocenters. The van der Waals surface area contributed by atoms with Crippen LogP contribution in [0.25, 0.3) is 0 Å². The fraction of sp³-hybridized carbons (Fsp3) is 0.841. The second-order valence-corrected chi connectivity index (χ2v) is 15.6. The Morgan fingerprint density at radius 3 is 1.52 bits per heavy atom. The van der Waals surface area contributed by atoms with Crippen molar-refractivity contribution >= 4 is 17.9 Å². The van der Waals surface area contributed by atoms with Crippen LogP contribution in [0, 0.1) is 0 Å². The van der Waals surface area contributed by atoms with Crippen LogP contribution in [0.1, 0.15) is 187 Å². The molecule has 0 saturated heterocycles. The summed E-state index contributed by atoms with van der Waals surface area (Å²) in [5.41, 5.74) is 0. The minimum absolute atomic E-state index is 0.0527. The fourth-order valence-corrected chi connectivity index (χ4v) is 6.24. The molecule has 0 aromatic heterocycles. The standard InChI is InChI=1S/C44H81NO7/c1-6-8-10-12-14-16-18-20-21-23-25-27-29-31-33-35-43(47)52-40(38-50-37-36-41(44(48)49)45(3,4)5)39-51-42(46)34-32-30-28-26-24-22-19-17-15-13-11-9-7-2/h14,16,20-21,40-41H,6-13,15,17-19,22-39H2,1-5H3/p+1/b16-14-,21-20-/t40-,41-/m0/s1. The number of quaternary nitrogens is 1. The predicted molar refractivity (Wildman–Crippen MR) is 215 cm³/mol. The van der Waals surface area contributed by atoms with Crippen LogP contribution in [0.4, 0.5) is 0 Å². The number of carbonyl (C=O) groups is 3. The molecule has 1 N–H and O–H groups in total. The number of allylic oxidation sites excluding steroid dienone is 4. The first kappa shape index (κ1) is 49.8. The van der Waals surface area contributed by atoms with E-state index in [4.69, 9.17) is 14.2 Å². The number of hydrogen-bond donors (Lipinski definition) is 1. The van der Waals surface area contributed by atoms with Gasteiger partial charge in [0.05, 0.1) is 34.4 Å². The van der Waals surface area contributed by atoms with E-state index in [1.165, 1.54) is 89.9 Å². The number of aliphatic carboxylic acids is 1. The highest BCUT2D eigenvalue weighted by molar-refractivity contribution is 5.72. The van der Waals surface area contributed by atoms with Crippen molar-refractivity contribution in [3.8, 4) is 0 Å². The van der Waals surface area contributed by atoms with Crippen molar-refractivity contribution in [3.05, 3.63) is 24.3 Å². The number of ether oxygens (including phenoxy) is 3. The second kappa shape index (κ2) is 35.8. The van der Waals surface area contributed by atoms with Gasteiger partial charge in [-0.15, -0.1) is 0 Å². The maximum absolute atomic E-state index is 12.7. The van der Waals surface area contributed by atoms with Crippen molar-refractivity contribution in [1.29, 1.82) is 0 Å². The third-order valence-corrected chi connectivity index (χ3v) is 9.60. The highest BCUT2D eigenvalue weighted by atomic mass is 16.6. The summed E-state index contributed by atoms with van der Waals surface area (Å²) >= 11 is 0. The van der Waals surface area contributed by atoms with E-state index in [0.29, 0.717) is 19.3 Å². The van der Waals surface area contributed by atoms with Crippen LogP contribution in [0.5, 0.6) is 0 Å².